The Morgan fingerprint density at radius 3 is 2.39 bits per heavy atom. The molecule has 0 aromatic heterocycles. The molecular weight excluding hydrogens is 230 g/mol. The predicted molar refractivity (Wildman–Crippen MR) is 70.6 cm³/mol. The van der Waals surface area contributed by atoms with Crippen LogP contribution in [-0.4, -0.2) is 23.0 Å². The lowest BCUT2D eigenvalue weighted by Gasteiger charge is -2.19. The lowest BCUT2D eigenvalue weighted by atomic mass is 10.1. The molecule has 0 spiro atoms. The third-order valence-corrected chi connectivity index (χ3v) is 3.28. The molecule has 1 rings (SSSR count). The zero-order valence-corrected chi connectivity index (χ0v) is 12.0. The van der Waals surface area contributed by atoms with E-state index in [1.807, 2.05) is 47.6 Å². The highest BCUT2D eigenvalue weighted by Crippen LogP contribution is 2.60. The maximum atomic E-state index is 12.1. The molecule has 102 valence electrons. The summed E-state index contributed by atoms with van der Waals surface area (Å²) in [5, 5.41) is 11.4. The Morgan fingerprint density at radius 1 is 1.39 bits per heavy atom. The minimum Gasteiger partial charge on any atom is -0.460 e. The van der Waals surface area contributed by atoms with Gasteiger partial charge in [0.1, 0.15) is 5.60 Å². The fourth-order valence-electron chi connectivity index (χ4n) is 2.22. The standard InChI is InChI=1S/C14H23NO3/c1-9(8-15-17)7-10-11(14(10,5)6)12(16)18-13(2,3)4/h7-8,10-11,17H,1-6H3/b9-7+,15-8+/t10-,11+/m1/s1. The molecule has 0 amide bonds. The van der Waals surface area contributed by atoms with Crippen LogP contribution in [0, 0.1) is 17.3 Å². The molecule has 2 atom stereocenters. The Bertz CT molecular complexity index is 388. The molecule has 0 unspecified atom stereocenters. The summed E-state index contributed by atoms with van der Waals surface area (Å²) in [4.78, 5) is 12.1. The number of hydrogen-bond acceptors (Lipinski definition) is 4. The van der Waals surface area contributed by atoms with Gasteiger partial charge in [0.2, 0.25) is 0 Å². The average molecular weight is 253 g/mol. The molecule has 1 saturated carbocycles. The van der Waals surface area contributed by atoms with Gasteiger partial charge in [-0.15, -0.1) is 0 Å². The van der Waals surface area contributed by atoms with Gasteiger partial charge >= 0.3 is 5.97 Å². The van der Waals surface area contributed by atoms with Gasteiger partial charge in [0.25, 0.3) is 0 Å². The molecule has 1 aliphatic rings. The minimum atomic E-state index is -0.453. The third-order valence-electron chi connectivity index (χ3n) is 3.28. The summed E-state index contributed by atoms with van der Waals surface area (Å²) in [6.07, 6.45) is 3.34. The van der Waals surface area contributed by atoms with Gasteiger partial charge in [-0.3, -0.25) is 4.79 Å². The number of ether oxygens (including phenoxy) is 1. The van der Waals surface area contributed by atoms with Gasteiger partial charge in [-0.05, 0) is 44.6 Å². The van der Waals surface area contributed by atoms with Crippen LogP contribution >= 0.6 is 0 Å². The lowest BCUT2D eigenvalue weighted by Crippen LogP contribution is -2.26. The summed E-state index contributed by atoms with van der Waals surface area (Å²) in [5.74, 6) is -0.119. The molecule has 1 N–H and O–H groups in total. The van der Waals surface area contributed by atoms with E-state index < -0.39 is 5.60 Å². The van der Waals surface area contributed by atoms with E-state index >= 15 is 0 Å². The van der Waals surface area contributed by atoms with Crippen LogP contribution in [0.3, 0.4) is 0 Å². The summed E-state index contributed by atoms with van der Waals surface area (Å²) >= 11 is 0. The van der Waals surface area contributed by atoms with Gasteiger partial charge in [-0.2, -0.15) is 0 Å². The summed E-state index contributed by atoms with van der Waals surface area (Å²) in [6.45, 7) is 11.6. The number of carbonyl (C=O) groups is 1. The molecule has 0 aromatic rings. The van der Waals surface area contributed by atoms with Crippen molar-refractivity contribution in [3.05, 3.63) is 11.6 Å². The fraction of sp³-hybridized carbons (Fsp3) is 0.714. The molecule has 0 saturated heterocycles. The van der Waals surface area contributed by atoms with E-state index in [1.165, 1.54) is 6.21 Å². The summed E-state index contributed by atoms with van der Waals surface area (Å²) in [7, 11) is 0. The Labute approximate surface area is 109 Å². The maximum Gasteiger partial charge on any atom is 0.310 e. The van der Waals surface area contributed by atoms with Crippen molar-refractivity contribution < 1.29 is 14.7 Å². The van der Waals surface area contributed by atoms with Crippen molar-refractivity contribution >= 4 is 12.2 Å². The largest absolute Gasteiger partial charge is 0.460 e. The summed E-state index contributed by atoms with van der Waals surface area (Å²) < 4.78 is 5.42. The molecule has 18 heavy (non-hydrogen) atoms. The van der Waals surface area contributed by atoms with Gasteiger partial charge in [-0.25, -0.2) is 0 Å². The van der Waals surface area contributed by atoms with Crippen molar-refractivity contribution in [1.29, 1.82) is 0 Å². The van der Waals surface area contributed by atoms with Crippen molar-refractivity contribution in [2.45, 2.75) is 47.1 Å². The molecule has 4 nitrogen and oxygen atoms in total. The Morgan fingerprint density at radius 2 is 1.94 bits per heavy atom. The van der Waals surface area contributed by atoms with E-state index in [1.54, 1.807) is 0 Å². The lowest BCUT2D eigenvalue weighted by molar-refractivity contribution is -0.157. The quantitative estimate of drug-likeness (QED) is 0.364. The van der Waals surface area contributed by atoms with E-state index in [2.05, 4.69) is 5.16 Å². The molecule has 1 fully saturated rings. The van der Waals surface area contributed by atoms with Crippen LogP contribution < -0.4 is 0 Å². The zero-order valence-electron chi connectivity index (χ0n) is 12.0. The van der Waals surface area contributed by atoms with Crippen LogP contribution in [0.5, 0.6) is 0 Å². The Balaban J connectivity index is 2.75. The number of esters is 1. The van der Waals surface area contributed by atoms with E-state index in [-0.39, 0.29) is 23.2 Å². The smallest absolute Gasteiger partial charge is 0.310 e. The van der Waals surface area contributed by atoms with Crippen molar-refractivity contribution in [2.24, 2.45) is 22.4 Å². The number of oxime groups is 1. The summed E-state index contributed by atoms with van der Waals surface area (Å²) in [6, 6.07) is 0. The molecule has 1 aliphatic carbocycles. The van der Waals surface area contributed by atoms with Gasteiger partial charge in [0.05, 0.1) is 12.1 Å². The highest BCUT2D eigenvalue weighted by atomic mass is 16.6. The van der Waals surface area contributed by atoms with Crippen LogP contribution in [0.4, 0.5) is 0 Å². The van der Waals surface area contributed by atoms with Gasteiger partial charge in [0, 0.05) is 0 Å². The first-order valence-electron chi connectivity index (χ1n) is 6.18. The number of hydrogen-bond donors (Lipinski definition) is 1. The van der Waals surface area contributed by atoms with Crippen molar-refractivity contribution in [3.63, 3.8) is 0 Å². The first kappa shape index (κ1) is 14.7. The van der Waals surface area contributed by atoms with E-state index in [4.69, 9.17) is 9.94 Å². The fourth-order valence-corrected chi connectivity index (χ4v) is 2.22. The first-order valence-corrected chi connectivity index (χ1v) is 6.18. The van der Waals surface area contributed by atoms with Crippen molar-refractivity contribution in [2.75, 3.05) is 0 Å². The van der Waals surface area contributed by atoms with E-state index in [9.17, 15) is 4.79 Å². The second-order valence-corrected chi connectivity index (χ2v) is 6.51. The monoisotopic (exact) mass is 253 g/mol. The van der Waals surface area contributed by atoms with E-state index in [0.29, 0.717) is 0 Å². The van der Waals surface area contributed by atoms with Crippen LogP contribution in [0.1, 0.15) is 41.5 Å². The highest BCUT2D eigenvalue weighted by molar-refractivity contribution is 5.81. The predicted octanol–water partition coefficient (Wildman–Crippen LogP) is 3.01. The normalized spacial score (nSPS) is 27.3. The minimum absolute atomic E-state index is 0.0904. The molecule has 0 heterocycles. The molecule has 4 heteroatoms. The van der Waals surface area contributed by atoms with Crippen molar-refractivity contribution in [1.82, 2.24) is 0 Å². The summed E-state index contributed by atoms with van der Waals surface area (Å²) in [5.41, 5.74) is 0.306. The van der Waals surface area contributed by atoms with Crippen LogP contribution in [0.2, 0.25) is 0 Å². The molecule has 0 radical (unpaired) electrons. The second kappa shape index (κ2) is 4.75. The average Bonchev–Trinajstić information content (AvgIpc) is 2.65. The topological polar surface area (TPSA) is 58.9 Å². The number of rotatable bonds is 3. The highest BCUT2D eigenvalue weighted by Gasteiger charge is 2.61. The zero-order chi connectivity index (χ0) is 14.1. The van der Waals surface area contributed by atoms with Gasteiger partial charge in [-0.1, -0.05) is 25.1 Å². The molecular formula is C14H23NO3. The molecule has 0 aliphatic heterocycles. The second-order valence-electron chi connectivity index (χ2n) is 6.51. The molecule has 0 aromatic carbocycles. The first-order chi connectivity index (χ1) is 8.09. The van der Waals surface area contributed by atoms with Crippen LogP contribution in [-0.2, 0) is 9.53 Å². The van der Waals surface area contributed by atoms with Gasteiger partial charge in [0.15, 0.2) is 0 Å². The number of nitrogens with zero attached hydrogens (tertiary/aromatic N) is 1. The third kappa shape index (κ3) is 3.34. The van der Waals surface area contributed by atoms with Crippen LogP contribution in [0.25, 0.3) is 0 Å². The maximum absolute atomic E-state index is 12.1. The van der Waals surface area contributed by atoms with Crippen molar-refractivity contribution in [3.8, 4) is 0 Å². The number of allylic oxidation sites excluding steroid dienone is 2. The SMILES string of the molecule is CC(/C=N/O)=C\[C@@H]1[C@@H](C(=O)OC(C)(C)C)C1(C)C. The van der Waals surface area contributed by atoms with E-state index in [0.717, 1.165) is 5.57 Å². The Kier molecular flexibility index (Phi) is 3.89. The van der Waals surface area contributed by atoms with Gasteiger partial charge < -0.3 is 9.94 Å². The van der Waals surface area contributed by atoms with Crippen LogP contribution in [0.15, 0.2) is 16.8 Å². The Hall–Kier alpha value is -1.32. The molecule has 0 bridgehead atoms. The number of carbonyl (C=O) groups excluding carboxylic acids is 1.